The molecule has 3 rings (SSSR count). The van der Waals surface area contributed by atoms with Crippen LogP contribution >= 0.6 is 0 Å². The largest absolute Gasteiger partial charge is 0.508 e. The number of rotatable bonds is 9. The zero-order valence-corrected chi connectivity index (χ0v) is 17.5. The zero-order valence-electron chi connectivity index (χ0n) is 17.5. The summed E-state index contributed by atoms with van der Waals surface area (Å²) >= 11 is 0. The number of hydrogen-bond acceptors (Lipinski definition) is 3. The van der Waals surface area contributed by atoms with Crippen molar-refractivity contribution in [2.24, 2.45) is 5.41 Å². The molecule has 1 aliphatic rings. The lowest BCUT2D eigenvalue weighted by atomic mass is 9.68. The Labute approximate surface area is 173 Å². The lowest BCUT2D eigenvalue weighted by Crippen LogP contribution is -2.27. The predicted molar refractivity (Wildman–Crippen MR) is 115 cm³/mol. The molecular formula is C25H32O4. The Kier molecular flexibility index (Phi) is 6.83. The van der Waals surface area contributed by atoms with Gasteiger partial charge in [0.2, 0.25) is 0 Å². The lowest BCUT2D eigenvalue weighted by molar-refractivity contribution is -0.137. The van der Waals surface area contributed by atoms with Crippen LogP contribution in [-0.2, 0) is 17.6 Å². The van der Waals surface area contributed by atoms with Crippen molar-refractivity contribution in [3.05, 3.63) is 59.2 Å². The van der Waals surface area contributed by atoms with E-state index in [1.165, 1.54) is 5.56 Å². The van der Waals surface area contributed by atoms with Crippen LogP contribution in [0.25, 0.3) is 0 Å². The number of phenolic OH excluding ortho intramolecular Hbond substituents is 1. The van der Waals surface area contributed by atoms with Crippen LogP contribution in [0.1, 0.15) is 68.6 Å². The van der Waals surface area contributed by atoms with E-state index in [4.69, 9.17) is 4.74 Å². The number of carboxylic acid groups (broad SMARTS) is 1. The Morgan fingerprint density at radius 1 is 1.14 bits per heavy atom. The van der Waals surface area contributed by atoms with Crippen molar-refractivity contribution in [3.63, 3.8) is 0 Å². The number of phenols is 1. The van der Waals surface area contributed by atoms with Crippen molar-refractivity contribution in [3.8, 4) is 11.5 Å². The van der Waals surface area contributed by atoms with Crippen LogP contribution in [0.15, 0.2) is 42.5 Å². The van der Waals surface area contributed by atoms with E-state index in [1.807, 2.05) is 12.1 Å². The minimum Gasteiger partial charge on any atom is -0.508 e. The number of carbonyl (C=O) groups is 1. The second-order valence-corrected chi connectivity index (χ2v) is 9.00. The van der Waals surface area contributed by atoms with Gasteiger partial charge in [0.15, 0.2) is 0 Å². The third-order valence-electron chi connectivity index (χ3n) is 5.74. The molecule has 0 fully saturated rings. The van der Waals surface area contributed by atoms with Gasteiger partial charge >= 0.3 is 5.97 Å². The summed E-state index contributed by atoms with van der Waals surface area (Å²) in [5.74, 6) is -0.133. The first-order chi connectivity index (χ1) is 13.8. The minimum absolute atomic E-state index is 0.00954. The molecule has 0 amide bonds. The molecule has 0 aromatic heterocycles. The monoisotopic (exact) mass is 396 g/mol. The van der Waals surface area contributed by atoms with Crippen molar-refractivity contribution in [1.82, 2.24) is 0 Å². The second kappa shape index (κ2) is 9.34. The predicted octanol–water partition coefficient (Wildman–Crippen LogP) is 5.71. The molecule has 1 atom stereocenters. The van der Waals surface area contributed by atoms with Crippen molar-refractivity contribution >= 4 is 5.97 Å². The molecule has 0 bridgehead atoms. The first-order valence-corrected chi connectivity index (χ1v) is 10.6. The average molecular weight is 397 g/mol. The van der Waals surface area contributed by atoms with Gasteiger partial charge in [0.1, 0.15) is 11.5 Å². The van der Waals surface area contributed by atoms with Gasteiger partial charge in [-0.15, -0.1) is 0 Å². The van der Waals surface area contributed by atoms with E-state index in [1.54, 1.807) is 6.07 Å². The Balaban J connectivity index is 1.56. The third-order valence-corrected chi connectivity index (χ3v) is 5.74. The molecule has 4 heteroatoms. The first-order valence-electron chi connectivity index (χ1n) is 10.6. The molecule has 2 N–H and O–H groups in total. The van der Waals surface area contributed by atoms with E-state index >= 15 is 0 Å². The number of fused-ring (bicyclic) bond motifs is 1. The highest BCUT2D eigenvalue weighted by atomic mass is 16.5. The summed E-state index contributed by atoms with van der Waals surface area (Å²) in [5.41, 5.74) is 3.19. The van der Waals surface area contributed by atoms with Crippen LogP contribution in [0.3, 0.4) is 0 Å². The molecule has 2 aromatic rings. The number of aryl methyl sites for hydroxylation is 1. The fourth-order valence-corrected chi connectivity index (χ4v) is 4.55. The maximum Gasteiger partial charge on any atom is 0.303 e. The summed E-state index contributed by atoms with van der Waals surface area (Å²) in [6, 6.07) is 14.1. The van der Waals surface area contributed by atoms with Crippen LogP contribution in [0.5, 0.6) is 11.5 Å². The van der Waals surface area contributed by atoms with Crippen LogP contribution in [0, 0.1) is 5.41 Å². The van der Waals surface area contributed by atoms with Gasteiger partial charge in [-0.25, -0.2) is 0 Å². The van der Waals surface area contributed by atoms with E-state index in [9.17, 15) is 15.0 Å². The fraction of sp³-hybridized carbons (Fsp3) is 0.480. The Hall–Kier alpha value is -2.49. The molecule has 0 saturated heterocycles. The van der Waals surface area contributed by atoms with Crippen LogP contribution in [-0.4, -0.2) is 22.8 Å². The fourth-order valence-electron chi connectivity index (χ4n) is 4.55. The topological polar surface area (TPSA) is 66.8 Å². The van der Waals surface area contributed by atoms with Crippen LogP contribution in [0.4, 0.5) is 0 Å². The summed E-state index contributed by atoms with van der Waals surface area (Å²) in [6.45, 7) is 4.93. The summed E-state index contributed by atoms with van der Waals surface area (Å²) in [6.07, 6.45) is 5.92. The standard InChI is InChI=1S/C25H32O4/c1-25(2)16-19-13-21(15-22(26)24(19)20(17-25)14-23(27)28)29-12-8-4-7-11-18-9-5-3-6-10-18/h3,5-6,9-10,13,15,20,26H,4,7-8,11-12,14,16-17H2,1-2H3,(H,27,28). The van der Waals surface area contributed by atoms with Gasteiger partial charge in [-0.2, -0.15) is 0 Å². The number of unbranched alkanes of at least 4 members (excludes halogenated alkanes) is 2. The number of ether oxygens (including phenoxy) is 1. The molecular weight excluding hydrogens is 364 g/mol. The van der Waals surface area contributed by atoms with Gasteiger partial charge < -0.3 is 14.9 Å². The molecule has 0 spiro atoms. The van der Waals surface area contributed by atoms with Gasteiger partial charge in [-0.1, -0.05) is 44.2 Å². The lowest BCUT2D eigenvalue weighted by Gasteiger charge is -2.37. The molecule has 29 heavy (non-hydrogen) atoms. The summed E-state index contributed by atoms with van der Waals surface area (Å²) < 4.78 is 5.91. The number of aromatic hydroxyl groups is 1. The molecule has 0 radical (unpaired) electrons. The smallest absolute Gasteiger partial charge is 0.303 e. The maximum absolute atomic E-state index is 11.3. The van der Waals surface area contributed by atoms with E-state index in [0.717, 1.165) is 49.7 Å². The van der Waals surface area contributed by atoms with E-state index in [-0.39, 0.29) is 23.5 Å². The highest BCUT2D eigenvalue weighted by Crippen LogP contribution is 2.48. The van der Waals surface area contributed by atoms with Gasteiger partial charge in [0.25, 0.3) is 0 Å². The van der Waals surface area contributed by atoms with Gasteiger partial charge in [0, 0.05) is 11.6 Å². The molecule has 0 saturated carbocycles. The normalized spacial score (nSPS) is 17.5. The van der Waals surface area contributed by atoms with Gasteiger partial charge in [0.05, 0.1) is 13.0 Å². The molecule has 1 unspecified atom stereocenters. The average Bonchev–Trinajstić information content (AvgIpc) is 2.63. The highest BCUT2D eigenvalue weighted by molar-refractivity contribution is 5.69. The third kappa shape index (κ3) is 5.99. The summed E-state index contributed by atoms with van der Waals surface area (Å²) in [7, 11) is 0. The van der Waals surface area contributed by atoms with Crippen molar-refractivity contribution in [2.75, 3.05) is 6.61 Å². The van der Waals surface area contributed by atoms with Crippen LogP contribution in [0.2, 0.25) is 0 Å². The first kappa shape index (κ1) is 21.2. The van der Waals surface area contributed by atoms with E-state index in [2.05, 4.69) is 38.1 Å². The Morgan fingerprint density at radius 2 is 1.90 bits per heavy atom. The molecule has 0 heterocycles. The molecule has 4 nitrogen and oxygen atoms in total. The number of benzene rings is 2. The molecule has 0 aliphatic heterocycles. The number of hydrogen-bond donors (Lipinski definition) is 2. The van der Waals surface area contributed by atoms with Crippen molar-refractivity contribution < 1.29 is 19.7 Å². The highest BCUT2D eigenvalue weighted by Gasteiger charge is 2.35. The Bertz CT molecular complexity index is 826. The molecule has 156 valence electrons. The number of aliphatic carboxylic acids is 1. The molecule has 1 aliphatic carbocycles. The molecule has 2 aromatic carbocycles. The zero-order chi connectivity index (χ0) is 20.9. The quantitative estimate of drug-likeness (QED) is 0.532. The van der Waals surface area contributed by atoms with Gasteiger partial charge in [-0.05, 0) is 67.1 Å². The SMILES string of the molecule is CC1(C)Cc2cc(OCCCCCc3ccccc3)cc(O)c2C(CC(=O)O)C1. The maximum atomic E-state index is 11.3. The summed E-state index contributed by atoms with van der Waals surface area (Å²) in [5, 5.41) is 19.8. The minimum atomic E-state index is -0.825. The van der Waals surface area contributed by atoms with E-state index in [0.29, 0.717) is 12.4 Å². The van der Waals surface area contributed by atoms with Gasteiger partial charge in [-0.3, -0.25) is 4.79 Å². The van der Waals surface area contributed by atoms with Crippen molar-refractivity contribution in [2.45, 2.75) is 64.7 Å². The van der Waals surface area contributed by atoms with Crippen LogP contribution < -0.4 is 4.74 Å². The Morgan fingerprint density at radius 3 is 2.62 bits per heavy atom. The number of carboxylic acids is 1. The van der Waals surface area contributed by atoms with E-state index < -0.39 is 5.97 Å². The summed E-state index contributed by atoms with van der Waals surface area (Å²) in [4.78, 5) is 11.3. The second-order valence-electron chi connectivity index (χ2n) is 9.00. The van der Waals surface area contributed by atoms with Crippen molar-refractivity contribution in [1.29, 1.82) is 0 Å².